The number of unbranched alkanes of at least 4 members (excludes halogenated alkanes) is 21. The summed E-state index contributed by atoms with van der Waals surface area (Å²) in [5, 5.41) is 2.88. The van der Waals surface area contributed by atoms with Crippen LogP contribution in [0.15, 0.2) is 4.99 Å². The molecule has 59 heavy (non-hydrogen) atoms. The van der Waals surface area contributed by atoms with Gasteiger partial charge in [0.25, 0.3) is 5.91 Å². The quantitative estimate of drug-likeness (QED) is 0.0534. The summed E-state index contributed by atoms with van der Waals surface area (Å²) in [6, 6.07) is 0. The first-order chi connectivity index (χ1) is 29.1. The number of carbonyl (C=O) groups excluding carboxylic acids is 1. The lowest BCUT2D eigenvalue weighted by Gasteiger charge is -2.30. The monoisotopic (exact) mass is 780 g/mol. The predicted octanol–water partition coefficient (Wildman–Crippen LogP) is 8.62. The van der Waals surface area contributed by atoms with Crippen LogP contribution in [0.2, 0.25) is 0 Å². The first-order valence-corrected chi connectivity index (χ1v) is 21.8. The van der Waals surface area contributed by atoms with Crippen molar-refractivity contribution in [3.05, 3.63) is 0 Å². The molecule has 1 rings (SSSR count). The second-order valence-corrected chi connectivity index (χ2v) is 14.5. The third-order valence-electron chi connectivity index (χ3n) is 9.65. The topological polar surface area (TPSA) is 41.5 Å². The molecule has 4 heteroatoms. The normalized spacial score (nSPS) is 12.2. The highest BCUT2D eigenvalue weighted by molar-refractivity contribution is 5.94. The molecule has 0 aromatic heterocycles. The average Bonchev–Trinajstić information content (AvgIpc) is 3.60. The van der Waals surface area contributed by atoms with Crippen LogP contribution in [-0.4, -0.2) is 49.5 Å². The molecule has 0 aromatic carbocycles. The SMILES string of the molecule is C#CC#CC#CC#CC#CC#CC#CC#CC#CC#CC#CC#CC(=O)NCC[N+]1(C)CCN=C1CCCCCCCCCCCCCCCCCCCCCCCC. The Bertz CT molecular complexity index is 2070. The number of likely N-dealkylation sites (N-methyl/N-ethyl adjacent to an activating group) is 1. The van der Waals surface area contributed by atoms with Crippen LogP contribution in [0.4, 0.5) is 0 Å². The standard InChI is InChI=1S/C55H61N3O/c1-4-6-8-10-12-14-16-18-20-22-24-26-28-30-32-34-36-38-40-42-44-46-48-54-56-50-52-58(54,3)53-51-57-55(59)49-47-45-43-41-39-37-35-33-31-29-27-25-23-21-19-17-15-13-11-9-7-5-2/h2H,4,6,8,10,12,14,16,18,20,22,24,26,28,30,32,34,36,38,40,42,44,46,48,50-53H2,1,3H3/p+1. The molecular weight excluding hydrogens is 719 g/mol. The second kappa shape index (κ2) is 40.0. The second-order valence-electron chi connectivity index (χ2n) is 14.5. The number of nitrogens with one attached hydrogen (secondary N) is 1. The summed E-state index contributed by atoms with van der Waals surface area (Å²) in [6.07, 6.45) is 36.8. The molecule has 1 atom stereocenters. The summed E-state index contributed by atoms with van der Waals surface area (Å²) in [5.41, 5.74) is 0. The fourth-order valence-electron chi connectivity index (χ4n) is 6.36. The van der Waals surface area contributed by atoms with Gasteiger partial charge in [-0.3, -0.25) is 9.28 Å². The average molecular weight is 781 g/mol. The van der Waals surface area contributed by atoms with Crippen LogP contribution < -0.4 is 5.32 Å². The van der Waals surface area contributed by atoms with Crippen LogP contribution in [0.5, 0.6) is 0 Å². The Kier molecular flexibility index (Phi) is 34.5. The number of amides is 1. The lowest BCUT2D eigenvalue weighted by Crippen LogP contribution is -2.51. The van der Waals surface area contributed by atoms with Gasteiger partial charge in [-0.05, 0) is 101 Å². The Balaban J connectivity index is 2.11. The molecule has 1 heterocycles. The largest absolute Gasteiger partial charge is 0.340 e. The van der Waals surface area contributed by atoms with E-state index in [9.17, 15) is 4.79 Å². The van der Waals surface area contributed by atoms with Gasteiger partial charge in [0.05, 0.1) is 20.1 Å². The number of aliphatic imine (C=N–C) groups is 1. The van der Waals surface area contributed by atoms with Gasteiger partial charge in [0, 0.05) is 47.9 Å². The molecule has 0 spiro atoms. The number of nitrogens with zero attached hydrogens (tertiary/aromatic N) is 2. The van der Waals surface area contributed by atoms with Crippen molar-refractivity contribution < 1.29 is 9.28 Å². The first-order valence-electron chi connectivity index (χ1n) is 21.8. The van der Waals surface area contributed by atoms with Gasteiger partial charge >= 0.3 is 0 Å². The zero-order valence-electron chi connectivity index (χ0n) is 36.0. The molecule has 0 aromatic rings. The van der Waals surface area contributed by atoms with Crippen molar-refractivity contribution in [2.45, 2.75) is 155 Å². The minimum Gasteiger partial charge on any atom is -0.340 e. The summed E-state index contributed by atoms with van der Waals surface area (Å²) in [4.78, 5) is 17.0. The summed E-state index contributed by atoms with van der Waals surface area (Å²) in [5.74, 6) is 58.2. The summed E-state index contributed by atoms with van der Waals surface area (Å²) in [7, 11) is 2.22. The number of hydrogen-bond acceptors (Lipinski definition) is 2. The van der Waals surface area contributed by atoms with Gasteiger partial charge in [-0.25, -0.2) is 4.99 Å². The number of hydrogen-bond donors (Lipinski definition) is 1. The van der Waals surface area contributed by atoms with E-state index in [1.54, 1.807) is 0 Å². The highest BCUT2D eigenvalue weighted by Gasteiger charge is 2.32. The first kappa shape index (κ1) is 50.8. The lowest BCUT2D eigenvalue weighted by atomic mass is 10.0. The fourth-order valence-corrected chi connectivity index (χ4v) is 6.36. The summed E-state index contributed by atoms with van der Waals surface area (Å²) in [6.45, 7) is 5.46. The molecule has 0 saturated heterocycles. The van der Waals surface area contributed by atoms with Crippen LogP contribution in [0.25, 0.3) is 0 Å². The third kappa shape index (κ3) is 33.7. The van der Waals surface area contributed by atoms with Crippen LogP contribution >= 0.6 is 0 Å². The van der Waals surface area contributed by atoms with E-state index in [4.69, 9.17) is 11.4 Å². The van der Waals surface area contributed by atoms with Crippen molar-refractivity contribution >= 4 is 11.7 Å². The third-order valence-corrected chi connectivity index (χ3v) is 9.65. The Morgan fingerprint density at radius 2 is 0.831 bits per heavy atom. The number of rotatable bonds is 26. The van der Waals surface area contributed by atoms with E-state index in [1.807, 2.05) is 0 Å². The molecule has 4 nitrogen and oxygen atoms in total. The molecule has 0 bridgehead atoms. The minimum atomic E-state index is -0.355. The van der Waals surface area contributed by atoms with Crippen LogP contribution in [-0.2, 0) is 4.79 Å². The van der Waals surface area contributed by atoms with Crippen LogP contribution in [0, 0.1) is 143 Å². The van der Waals surface area contributed by atoms with Gasteiger partial charge in [0.15, 0.2) is 5.84 Å². The fraction of sp³-hybridized carbons (Fsp3) is 0.527. The van der Waals surface area contributed by atoms with Crippen molar-refractivity contribution in [2.75, 3.05) is 33.2 Å². The van der Waals surface area contributed by atoms with Gasteiger partial charge in [0.1, 0.15) is 13.1 Å². The molecule has 0 fully saturated rings. The number of terminal acetylenes is 1. The van der Waals surface area contributed by atoms with E-state index in [0.717, 1.165) is 30.5 Å². The van der Waals surface area contributed by atoms with Gasteiger partial charge in [-0.2, -0.15) is 0 Å². The van der Waals surface area contributed by atoms with E-state index in [-0.39, 0.29) is 5.91 Å². The van der Waals surface area contributed by atoms with E-state index in [1.165, 1.54) is 147 Å². The minimum absolute atomic E-state index is 0.355. The summed E-state index contributed by atoms with van der Waals surface area (Å²) >= 11 is 0. The Hall–Kier alpha value is -6.18. The Morgan fingerprint density at radius 1 is 0.508 bits per heavy atom. The zero-order valence-corrected chi connectivity index (χ0v) is 36.0. The molecule has 0 radical (unpaired) electrons. The number of quaternary nitrogens is 1. The highest BCUT2D eigenvalue weighted by atomic mass is 16.1. The molecule has 1 N–H and O–H groups in total. The van der Waals surface area contributed by atoms with E-state index >= 15 is 0 Å². The molecule has 0 saturated carbocycles. The van der Waals surface area contributed by atoms with Crippen molar-refractivity contribution in [2.24, 2.45) is 4.99 Å². The van der Waals surface area contributed by atoms with Crippen molar-refractivity contribution in [1.29, 1.82) is 0 Å². The smallest absolute Gasteiger partial charge is 0.297 e. The number of carbonyl (C=O) groups is 1. The molecule has 1 aliphatic rings. The number of amidine groups is 1. The van der Waals surface area contributed by atoms with E-state index in [0.29, 0.717) is 6.54 Å². The van der Waals surface area contributed by atoms with E-state index < -0.39 is 0 Å². The van der Waals surface area contributed by atoms with Crippen LogP contribution in [0.1, 0.15) is 155 Å². The van der Waals surface area contributed by atoms with Gasteiger partial charge < -0.3 is 5.32 Å². The van der Waals surface area contributed by atoms with Gasteiger partial charge in [-0.15, -0.1) is 6.42 Å². The molecule has 0 aliphatic carbocycles. The highest BCUT2D eigenvalue weighted by Crippen LogP contribution is 2.18. The van der Waals surface area contributed by atoms with Gasteiger partial charge in [-0.1, -0.05) is 142 Å². The predicted molar refractivity (Wildman–Crippen MR) is 247 cm³/mol. The van der Waals surface area contributed by atoms with Crippen molar-refractivity contribution in [1.82, 2.24) is 5.32 Å². The molecule has 1 amide bonds. The van der Waals surface area contributed by atoms with Crippen LogP contribution in [0.3, 0.4) is 0 Å². The lowest BCUT2D eigenvalue weighted by molar-refractivity contribution is -0.814. The maximum absolute atomic E-state index is 12.2. The molecule has 302 valence electrons. The molecular formula is C55H62N3O+. The summed E-state index contributed by atoms with van der Waals surface area (Å²) < 4.78 is 0.795. The van der Waals surface area contributed by atoms with E-state index in [2.05, 4.69) is 155 Å². The van der Waals surface area contributed by atoms with Gasteiger partial charge in [0.2, 0.25) is 0 Å². The zero-order chi connectivity index (χ0) is 42.4. The Labute approximate surface area is 360 Å². The Morgan fingerprint density at radius 3 is 1.19 bits per heavy atom. The van der Waals surface area contributed by atoms with Crippen molar-refractivity contribution in [3.63, 3.8) is 0 Å². The van der Waals surface area contributed by atoms with Crippen molar-refractivity contribution in [3.8, 4) is 143 Å². The molecule has 1 aliphatic heterocycles. The maximum Gasteiger partial charge on any atom is 0.297 e. The molecule has 1 unspecified atom stereocenters. The maximum atomic E-state index is 12.2.